The highest BCUT2D eigenvalue weighted by Gasteiger charge is 2.15. The highest BCUT2D eigenvalue weighted by atomic mass is 35.5. The van der Waals surface area contributed by atoms with E-state index in [1.54, 1.807) is 55.2 Å². The van der Waals surface area contributed by atoms with Gasteiger partial charge in [0.2, 0.25) is 0 Å². The number of aromatic nitrogens is 5. The van der Waals surface area contributed by atoms with Gasteiger partial charge in [-0.2, -0.15) is 0 Å². The summed E-state index contributed by atoms with van der Waals surface area (Å²) in [6, 6.07) is 11.2. The van der Waals surface area contributed by atoms with Crippen molar-refractivity contribution in [2.24, 2.45) is 0 Å². The fourth-order valence-corrected chi connectivity index (χ4v) is 3.48. The molecule has 0 spiro atoms. The Labute approximate surface area is 192 Å². The van der Waals surface area contributed by atoms with Gasteiger partial charge in [-0.25, -0.2) is 9.67 Å². The molecule has 2 aromatic heterocycles. The lowest BCUT2D eigenvalue weighted by Gasteiger charge is -2.15. The van der Waals surface area contributed by atoms with Crippen LogP contribution in [-0.2, 0) is 11.3 Å². The van der Waals surface area contributed by atoms with Gasteiger partial charge in [-0.05, 0) is 37.3 Å². The van der Waals surface area contributed by atoms with Gasteiger partial charge in [0.1, 0.15) is 18.1 Å². The Kier molecular flexibility index (Phi) is 6.20. The molecule has 32 heavy (non-hydrogen) atoms. The standard InChI is InChI=1S/C21H16Cl2N6O3/c1-14(27-9-8-24-13-27)21(19-7-2-15(22)10-20(19)23)32-12-16-11-28(26-25-16)17-3-5-18(6-4-17)29(30)31/h2-11,13H,12H2,1H3/b21-14-. The van der Waals surface area contributed by atoms with E-state index in [0.29, 0.717) is 32.7 Å². The predicted molar refractivity (Wildman–Crippen MR) is 120 cm³/mol. The summed E-state index contributed by atoms with van der Waals surface area (Å²) in [6.07, 6.45) is 6.82. The van der Waals surface area contributed by atoms with Gasteiger partial charge >= 0.3 is 0 Å². The Morgan fingerprint density at radius 1 is 1.19 bits per heavy atom. The Morgan fingerprint density at radius 2 is 1.97 bits per heavy atom. The van der Waals surface area contributed by atoms with E-state index in [-0.39, 0.29) is 12.3 Å². The molecule has 0 N–H and O–H groups in total. The molecule has 0 aliphatic rings. The van der Waals surface area contributed by atoms with Crippen LogP contribution < -0.4 is 0 Å². The molecule has 0 aliphatic carbocycles. The molecule has 0 saturated heterocycles. The van der Waals surface area contributed by atoms with Gasteiger partial charge in [0.25, 0.3) is 5.69 Å². The van der Waals surface area contributed by atoms with Gasteiger partial charge in [0.15, 0.2) is 0 Å². The molecule has 0 atom stereocenters. The van der Waals surface area contributed by atoms with Gasteiger partial charge in [-0.3, -0.25) is 10.1 Å². The highest BCUT2D eigenvalue weighted by Crippen LogP contribution is 2.32. The second-order valence-electron chi connectivity index (χ2n) is 6.73. The molecule has 11 heteroatoms. The number of rotatable bonds is 7. The van der Waals surface area contributed by atoms with Crippen LogP contribution in [0.2, 0.25) is 10.0 Å². The lowest BCUT2D eigenvalue weighted by molar-refractivity contribution is -0.384. The Hall–Kier alpha value is -3.69. The van der Waals surface area contributed by atoms with Crippen molar-refractivity contribution in [3.8, 4) is 5.69 Å². The topological polar surface area (TPSA) is 101 Å². The summed E-state index contributed by atoms with van der Waals surface area (Å²) in [5.74, 6) is 0.537. The number of allylic oxidation sites excluding steroid dienone is 1. The van der Waals surface area contributed by atoms with E-state index in [0.717, 1.165) is 5.70 Å². The fraction of sp³-hybridized carbons (Fsp3) is 0.0952. The number of nitrogens with zero attached hydrogens (tertiary/aromatic N) is 6. The number of ether oxygens (including phenoxy) is 1. The van der Waals surface area contributed by atoms with Crippen LogP contribution >= 0.6 is 23.2 Å². The Morgan fingerprint density at radius 3 is 2.62 bits per heavy atom. The van der Waals surface area contributed by atoms with E-state index in [2.05, 4.69) is 15.3 Å². The molecule has 2 heterocycles. The molecule has 0 radical (unpaired) electrons. The van der Waals surface area contributed by atoms with E-state index < -0.39 is 4.92 Å². The van der Waals surface area contributed by atoms with Crippen molar-refractivity contribution >= 4 is 40.3 Å². The maximum Gasteiger partial charge on any atom is 0.269 e. The second kappa shape index (κ2) is 9.21. The monoisotopic (exact) mass is 470 g/mol. The fourth-order valence-electron chi connectivity index (χ4n) is 2.99. The normalized spacial score (nSPS) is 11.8. The summed E-state index contributed by atoms with van der Waals surface area (Å²) in [4.78, 5) is 14.5. The minimum atomic E-state index is -0.456. The van der Waals surface area contributed by atoms with Crippen LogP contribution in [0.15, 0.2) is 67.4 Å². The van der Waals surface area contributed by atoms with Gasteiger partial charge < -0.3 is 9.30 Å². The molecule has 0 aliphatic heterocycles. The zero-order valence-electron chi connectivity index (χ0n) is 16.7. The minimum Gasteiger partial charge on any atom is -0.485 e. The van der Waals surface area contributed by atoms with Crippen molar-refractivity contribution in [1.82, 2.24) is 24.5 Å². The molecule has 162 valence electrons. The third-order valence-electron chi connectivity index (χ3n) is 4.63. The summed E-state index contributed by atoms with van der Waals surface area (Å²) in [7, 11) is 0. The van der Waals surface area contributed by atoms with Gasteiger partial charge in [-0.15, -0.1) is 5.10 Å². The number of nitro groups is 1. The lowest BCUT2D eigenvalue weighted by atomic mass is 10.1. The van der Waals surface area contributed by atoms with Crippen molar-refractivity contribution in [1.29, 1.82) is 0 Å². The van der Waals surface area contributed by atoms with Crippen LogP contribution in [0.3, 0.4) is 0 Å². The number of nitro benzene ring substituents is 1. The summed E-state index contributed by atoms with van der Waals surface area (Å²) in [6.45, 7) is 2.00. The molecule has 9 nitrogen and oxygen atoms in total. The van der Waals surface area contributed by atoms with E-state index in [1.165, 1.54) is 16.8 Å². The maximum absolute atomic E-state index is 10.8. The summed E-state index contributed by atoms with van der Waals surface area (Å²) in [5, 5.41) is 20.0. The summed E-state index contributed by atoms with van der Waals surface area (Å²) < 4.78 is 9.45. The van der Waals surface area contributed by atoms with Crippen LogP contribution in [0, 0.1) is 10.1 Å². The number of non-ortho nitro benzene ring substituents is 1. The second-order valence-corrected chi connectivity index (χ2v) is 7.57. The van der Waals surface area contributed by atoms with Crippen molar-refractivity contribution in [2.45, 2.75) is 13.5 Å². The molecule has 4 aromatic rings. The summed E-state index contributed by atoms with van der Waals surface area (Å²) >= 11 is 12.5. The molecule has 0 unspecified atom stereocenters. The van der Waals surface area contributed by atoms with E-state index >= 15 is 0 Å². The lowest BCUT2D eigenvalue weighted by Crippen LogP contribution is -2.01. The molecule has 4 rings (SSSR count). The van der Waals surface area contributed by atoms with Crippen LogP contribution in [0.25, 0.3) is 17.1 Å². The SMILES string of the molecule is C/C(=C(/OCc1cn(-c2ccc([N+](=O)[O-])cc2)nn1)c1ccc(Cl)cc1Cl)n1ccnc1. The largest absolute Gasteiger partial charge is 0.485 e. The molecular formula is C21H16Cl2N6O3. The first-order valence-electron chi connectivity index (χ1n) is 9.36. The first-order chi connectivity index (χ1) is 15.4. The molecule has 2 aromatic carbocycles. The molecule has 0 amide bonds. The van der Waals surface area contributed by atoms with Crippen molar-refractivity contribution in [3.63, 3.8) is 0 Å². The van der Waals surface area contributed by atoms with Gasteiger partial charge in [-0.1, -0.05) is 28.4 Å². The van der Waals surface area contributed by atoms with Gasteiger partial charge in [0.05, 0.1) is 33.9 Å². The quantitative estimate of drug-likeness (QED) is 0.208. The number of hydrogen-bond acceptors (Lipinski definition) is 6. The molecule has 0 fully saturated rings. The van der Waals surface area contributed by atoms with Gasteiger partial charge in [0, 0.05) is 35.1 Å². The Bertz CT molecular complexity index is 1280. The smallest absolute Gasteiger partial charge is 0.269 e. The average Bonchev–Trinajstić information content (AvgIpc) is 3.47. The number of halogens is 2. The van der Waals surface area contributed by atoms with Crippen LogP contribution in [0.1, 0.15) is 18.2 Å². The van der Waals surface area contributed by atoms with E-state index in [1.807, 2.05) is 11.5 Å². The predicted octanol–water partition coefficient (Wildman–Crippen LogP) is 5.24. The molecule has 0 saturated carbocycles. The zero-order valence-corrected chi connectivity index (χ0v) is 18.2. The number of hydrogen-bond donors (Lipinski definition) is 0. The zero-order chi connectivity index (χ0) is 22.7. The Balaban J connectivity index is 1.59. The van der Waals surface area contributed by atoms with Crippen LogP contribution in [0.5, 0.6) is 0 Å². The molecule has 0 bridgehead atoms. The summed E-state index contributed by atoms with van der Waals surface area (Å²) in [5.41, 5.74) is 2.64. The highest BCUT2D eigenvalue weighted by molar-refractivity contribution is 6.35. The van der Waals surface area contributed by atoms with Crippen molar-refractivity contribution in [2.75, 3.05) is 0 Å². The molecular weight excluding hydrogens is 455 g/mol. The average molecular weight is 471 g/mol. The number of benzene rings is 2. The maximum atomic E-state index is 10.8. The van der Waals surface area contributed by atoms with Crippen molar-refractivity contribution < 1.29 is 9.66 Å². The van der Waals surface area contributed by atoms with Crippen molar-refractivity contribution in [3.05, 3.63) is 98.8 Å². The third-order valence-corrected chi connectivity index (χ3v) is 5.17. The first kappa shape index (κ1) is 21.5. The first-order valence-corrected chi connectivity index (χ1v) is 10.1. The van der Waals surface area contributed by atoms with E-state index in [9.17, 15) is 10.1 Å². The van der Waals surface area contributed by atoms with Crippen LogP contribution in [0.4, 0.5) is 5.69 Å². The number of imidazole rings is 1. The third kappa shape index (κ3) is 4.63. The van der Waals surface area contributed by atoms with Crippen LogP contribution in [-0.4, -0.2) is 29.5 Å². The minimum absolute atomic E-state index is 0.00187. The van der Waals surface area contributed by atoms with E-state index in [4.69, 9.17) is 27.9 Å².